The van der Waals surface area contributed by atoms with Gasteiger partial charge >= 0.3 is 0 Å². The molecule has 120 valence electrons. The third-order valence-corrected chi connectivity index (χ3v) is 4.39. The molecule has 0 heterocycles. The lowest BCUT2D eigenvalue weighted by atomic mass is 10.1. The van der Waals surface area contributed by atoms with Crippen molar-refractivity contribution in [2.75, 3.05) is 18.1 Å². The second kappa shape index (κ2) is 8.39. The maximum Gasteiger partial charge on any atom is 0.251 e. The van der Waals surface area contributed by atoms with Gasteiger partial charge in [-0.05, 0) is 42.3 Å². The number of hydrogen-bond acceptors (Lipinski definition) is 3. The number of benzene rings is 2. The lowest BCUT2D eigenvalue weighted by Gasteiger charge is -2.07. The molecule has 0 spiro atoms. The summed E-state index contributed by atoms with van der Waals surface area (Å²) in [6.45, 7) is 2.07. The van der Waals surface area contributed by atoms with E-state index >= 15 is 0 Å². The van der Waals surface area contributed by atoms with Crippen LogP contribution in [0.2, 0.25) is 0 Å². The van der Waals surface area contributed by atoms with Gasteiger partial charge in [-0.15, -0.1) is 11.8 Å². The van der Waals surface area contributed by atoms with E-state index in [4.69, 9.17) is 0 Å². The Labute approximate surface area is 140 Å². The SMILES string of the molecule is CNC(=O)c1ccc(NC(=O)CSCc2ccccc2C)cc1. The molecule has 2 N–H and O–H groups in total. The van der Waals surface area contributed by atoms with Crippen LogP contribution in [-0.4, -0.2) is 24.6 Å². The highest BCUT2D eigenvalue weighted by Crippen LogP contribution is 2.16. The van der Waals surface area contributed by atoms with Crippen LogP contribution in [0, 0.1) is 6.92 Å². The lowest BCUT2D eigenvalue weighted by Crippen LogP contribution is -2.18. The van der Waals surface area contributed by atoms with Gasteiger partial charge in [0.25, 0.3) is 5.91 Å². The van der Waals surface area contributed by atoms with Crippen molar-refractivity contribution in [2.45, 2.75) is 12.7 Å². The number of carbonyl (C=O) groups excluding carboxylic acids is 2. The molecule has 2 amide bonds. The van der Waals surface area contributed by atoms with Crippen molar-refractivity contribution in [1.82, 2.24) is 5.32 Å². The van der Waals surface area contributed by atoms with Crippen molar-refractivity contribution in [3.05, 3.63) is 65.2 Å². The first-order valence-electron chi connectivity index (χ1n) is 7.34. The van der Waals surface area contributed by atoms with Crippen LogP contribution >= 0.6 is 11.8 Å². The van der Waals surface area contributed by atoms with Gasteiger partial charge < -0.3 is 10.6 Å². The third kappa shape index (κ3) is 5.14. The number of amides is 2. The summed E-state index contributed by atoms with van der Waals surface area (Å²) in [4.78, 5) is 23.4. The Morgan fingerprint density at radius 3 is 2.39 bits per heavy atom. The minimum absolute atomic E-state index is 0.0451. The zero-order valence-electron chi connectivity index (χ0n) is 13.3. The van der Waals surface area contributed by atoms with Crippen molar-refractivity contribution in [3.8, 4) is 0 Å². The van der Waals surface area contributed by atoms with Crippen LogP contribution in [0.25, 0.3) is 0 Å². The highest BCUT2D eigenvalue weighted by molar-refractivity contribution is 7.99. The van der Waals surface area contributed by atoms with Crippen molar-refractivity contribution in [2.24, 2.45) is 0 Å². The Bertz CT molecular complexity index is 684. The summed E-state index contributed by atoms with van der Waals surface area (Å²) in [7, 11) is 1.59. The highest BCUT2D eigenvalue weighted by Gasteiger charge is 2.06. The van der Waals surface area contributed by atoms with Gasteiger partial charge in [0, 0.05) is 24.1 Å². The zero-order chi connectivity index (χ0) is 16.7. The van der Waals surface area contributed by atoms with Crippen LogP contribution in [0.3, 0.4) is 0 Å². The molecule has 0 aromatic heterocycles. The van der Waals surface area contributed by atoms with Crippen LogP contribution in [-0.2, 0) is 10.5 Å². The van der Waals surface area contributed by atoms with Crippen LogP contribution in [0.4, 0.5) is 5.69 Å². The number of rotatable bonds is 6. The summed E-state index contributed by atoms with van der Waals surface area (Å²) in [6.07, 6.45) is 0. The summed E-state index contributed by atoms with van der Waals surface area (Å²) >= 11 is 1.58. The maximum atomic E-state index is 12.0. The second-order valence-electron chi connectivity index (χ2n) is 5.12. The predicted octanol–water partition coefficient (Wildman–Crippen LogP) is 3.23. The van der Waals surface area contributed by atoms with Gasteiger partial charge in [-0.25, -0.2) is 0 Å². The molecule has 2 aromatic carbocycles. The molecule has 0 fully saturated rings. The summed E-state index contributed by atoms with van der Waals surface area (Å²) in [6, 6.07) is 15.0. The van der Waals surface area contributed by atoms with Crippen LogP contribution in [0.5, 0.6) is 0 Å². The van der Waals surface area contributed by atoms with Crippen molar-refractivity contribution < 1.29 is 9.59 Å². The molecule has 0 radical (unpaired) electrons. The normalized spacial score (nSPS) is 10.2. The Kier molecular flexibility index (Phi) is 6.23. The second-order valence-corrected chi connectivity index (χ2v) is 6.11. The Balaban J connectivity index is 1.81. The molecule has 2 rings (SSSR count). The molecule has 0 saturated carbocycles. The van der Waals surface area contributed by atoms with Crippen molar-refractivity contribution >= 4 is 29.3 Å². The molecule has 0 aliphatic rings. The minimum atomic E-state index is -0.142. The lowest BCUT2D eigenvalue weighted by molar-refractivity contribution is -0.113. The van der Waals surface area contributed by atoms with Crippen LogP contribution in [0.15, 0.2) is 48.5 Å². The summed E-state index contributed by atoms with van der Waals surface area (Å²) < 4.78 is 0. The van der Waals surface area contributed by atoms with E-state index in [9.17, 15) is 9.59 Å². The van der Waals surface area contributed by atoms with E-state index < -0.39 is 0 Å². The van der Waals surface area contributed by atoms with Gasteiger partial charge in [0.2, 0.25) is 5.91 Å². The molecule has 5 heteroatoms. The van der Waals surface area contributed by atoms with Gasteiger partial charge in [-0.3, -0.25) is 9.59 Å². The smallest absolute Gasteiger partial charge is 0.251 e. The van der Waals surface area contributed by atoms with Crippen molar-refractivity contribution in [1.29, 1.82) is 0 Å². The Morgan fingerprint density at radius 1 is 1.04 bits per heavy atom. The first-order chi connectivity index (χ1) is 11.1. The first kappa shape index (κ1) is 17.1. The molecule has 0 aliphatic heterocycles. The molecule has 0 saturated heterocycles. The molecule has 2 aromatic rings. The van der Waals surface area contributed by atoms with E-state index in [-0.39, 0.29) is 11.8 Å². The third-order valence-electron chi connectivity index (χ3n) is 3.41. The Hall–Kier alpha value is -2.27. The van der Waals surface area contributed by atoms with E-state index in [1.165, 1.54) is 11.1 Å². The van der Waals surface area contributed by atoms with Gasteiger partial charge in [0.1, 0.15) is 0 Å². The summed E-state index contributed by atoms with van der Waals surface area (Å²) in [5.74, 6) is 1.02. The fraction of sp³-hybridized carbons (Fsp3) is 0.222. The molecule has 0 unspecified atom stereocenters. The molecule has 0 atom stereocenters. The maximum absolute atomic E-state index is 12.0. The van der Waals surface area contributed by atoms with Gasteiger partial charge in [-0.2, -0.15) is 0 Å². The topological polar surface area (TPSA) is 58.2 Å². The number of hydrogen-bond donors (Lipinski definition) is 2. The van der Waals surface area contributed by atoms with E-state index in [0.717, 1.165) is 5.75 Å². The van der Waals surface area contributed by atoms with Crippen molar-refractivity contribution in [3.63, 3.8) is 0 Å². The average Bonchev–Trinajstić information content (AvgIpc) is 2.56. The zero-order valence-corrected chi connectivity index (χ0v) is 14.1. The van der Waals surface area contributed by atoms with Gasteiger partial charge in [0.05, 0.1) is 5.75 Å². The van der Waals surface area contributed by atoms with E-state index in [2.05, 4.69) is 29.7 Å². The predicted molar refractivity (Wildman–Crippen MR) is 95.8 cm³/mol. The highest BCUT2D eigenvalue weighted by atomic mass is 32.2. The number of carbonyl (C=O) groups is 2. The largest absolute Gasteiger partial charge is 0.355 e. The first-order valence-corrected chi connectivity index (χ1v) is 8.50. The van der Waals surface area contributed by atoms with Crippen LogP contribution < -0.4 is 10.6 Å². The van der Waals surface area contributed by atoms with Gasteiger partial charge in [0.15, 0.2) is 0 Å². The summed E-state index contributed by atoms with van der Waals surface area (Å²) in [5.41, 5.74) is 3.75. The number of nitrogens with one attached hydrogen (secondary N) is 2. The fourth-order valence-corrected chi connectivity index (χ4v) is 2.98. The standard InChI is InChI=1S/C18H20N2O2S/c1-13-5-3-4-6-15(13)11-23-12-17(21)20-16-9-7-14(8-10-16)18(22)19-2/h3-10H,11-12H2,1-2H3,(H,19,22)(H,20,21). The Morgan fingerprint density at radius 2 is 1.74 bits per heavy atom. The molecule has 0 aliphatic carbocycles. The molecule has 23 heavy (non-hydrogen) atoms. The summed E-state index contributed by atoms with van der Waals surface area (Å²) in [5, 5.41) is 5.40. The monoisotopic (exact) mass is 328 g/mol. The van der Waals surface area contributed by atoms with E-state index in [0.29, 0.717) is 17.0 Å². The average molecular weight is 328 g/mol. The number of aryl methyl sites for hydroxylation is 1. The molecular weight excluding hydrogens is 308 g/mol. The van der Waals surface area contributed by atoms with E-state index in [1.807, 2.05) is 12.1 Å². The molecule has 4 nitrogen and oxygen atoms in total. The quantitative estimate of drug-likeness (QED) is 0.856. The molecular formula is C18H20N2O2S. The fourth-order valence-electron chi connectivity index (χ4n) is 2.07. The number of thioether (sulfide) groups is 1. The molecule has 0 bridgehead atoms. The van der Waals surface area contributed by atoms with E-state index in [1.54, 1.807) is 43.1 Å². The minimum Gasteiger partial charge on any atom is -0.355 e. The number of anilines is 1. The van der Waals surface area contributed by atoms with Crippen LogP contribution in [0.1, 0.15) is 21.5 Å². The van der Waals surface area contributed by atoms with Gasteiger partial charge in [-0.1, -0.05) is 24.3 Å².